The molecule has 5 heteroatoms. The third kappa shape index (κ3) is 3.32. The van der Waals surface area contributed by atoms with Crippen LogP contribution < -0.4 is 10.5 Å². The summed E-state index contributed by atoms with van der Waals surface area (Å²) >= 11 is 9.44. The topological polar surface area (TPSA) is 35.2 Å². The van der Waals surface area contributed by atoms with Crippen molar-refractivity contribution in [2.75, 3.05) is 7.11 Å². The highest BCUT2D eigenvalue weighted by Gasteiger charge is 2.15. The van der Waals surface area contributed by atoms with E-state index in [4.69, 9.17) is 22.1 Å². The molecule has 1 atom stereocenters. The van der Waals surface area contributed by atoms with Crippen molar-refractivity contribution in [1.82, 2.24) is 0 Å². The van der Waals surface area contributed by atoms with Crippen LogP contribution in [0.4, 0.5) is 4.39 Å². The maximum Gasteiger partial charge on any atom is 0.142 e. The van der Waals surface area contributed by atoms with Crippen LogP contribution in [0.25, 0.3) is 0 Å². The third-order valence-corrected chi connectivity index (χ3v) is 4.25. The van der Waals surface area contributed by atoms with Gasteiger partial charge in [0.15, 0.2) is 0 Å². The van der Waals surface area contributed by atoms with Gasteiger partial charge in [-0.1, -0.05) is 39.7 Å². The highest BCUT2D eigenvalue weighted by molar-refractivity contribution is 9.10. The van der Waals surface area contributed by atoms with E-state index in [0.717, 1.165) is 15.8 Å². The molecular weight excluding hydrogens is 345 g/mol. The number of methoxy groups -OCH3 is 1. The Labute approximate surface area is 130 Å². The van der Waals surface area contributed by atoms with Gasteiger partial charge in [-0.2, -0.15) is 0 Å². The van der Waals surface area contributed by atoms with Crippen LogP contribution in [0.5, 0.6) is 5.75 Å². The monoisotopic (exact) mass is 357 g/mol. The third-order valence-electron chi connectivity index (χ3n) is 3.07. The average molecular weight is 359 g/mol. The number of rotatable bonds is 4. The molecule has 0 heterocycles. The molecule has 0 spiro atoms. The minimum absolute atomic E-state index is 0.0824. The highest BCUT2D eigenvalue weighted by atomic mass is 79.9. The summed E-state index contributed by atoms with van der Waals surface area (Å²) in [5, 5.41) is 0.0824. The van der Waals surface area contributed by atoms with Crippen molar-refractivity contribution in [3.8, 4) is 5.75 Å². The van der Waals surface area contributed by atoms with Crippen LogP contribution in [0.1, 0.15) is 17.2 Å². The van der Waals surface area contributed by atoms with Crippen molar-refractivity contribution in [3.05, 3.63) is 62.8 Å². The van der Waals surface area contributed by atoms with Crippen molar-refractivity contribution in [1.29, 1.82) is 0 Å². The zero-order valence-electron chi connectivity index (χ0n) is 10.9. The molecule has 0 saturated heterocycles. The lowest BCUT2D eigenvalue weighted by molar-refractivity contribution is 0.414. The molecule has 0 aliphatic carbocycles. The van der Waals surface area contributed by atoms with Crippen LogP contribution in [0.3, 0.4) is 0 Å². The van der Waals surface area contributed by atoms with Gasteiger partial charge >= 0.3 is 0 Å². The lowest BCUT2D eigenvalue weighted by atomic mass is 9.99. The van der Waals surface area contributed by atoms with Crippen LogP contribution >= 0.6 is 27.5 Å². The first-order valence-electron chi connectivity index (χ1n) is 6.05. The Morgan fingerprint density at radius 2 is 2.10 bits per heavy atom. The molecule has 0 aliphatic rings. The van der Waals surface area contributed by atoms with Crippen molar-refractivity contribution in [2.45, 2.75) is 12.5 Å². The van der Waals surface area contributed by atoms with E-state index in [1.54, 1.807) is 19.2 Å². The summed E-state index contributed by atoms with van der Waals surface area (Å²) in [7, 11) is 1.61. The molecule has 2 N–H and O–H groups in total. The smallest absolute Gasteiger partial charge is 0.142 e. The molecule has 0 bridgehead atoms. The Morgan fingerprint density at radius 1 is 1.35 bits per heavy atom. The van der Waals surface area contributed by atoms with Gasteiger partial charge in [0.25, 0.3) is 0 Å². The van der Waals surface area contributed by atoms with Crippen molar-refractivity contribution >= 4 is 27.5 Å². The molecule has 0 fully saturated rings. The first-order chi connectivity index (χ1) is 9.52. The molecular formula is C15H14BrClFNO. The van der Waals surface area contributed by atoms with Crippen molar-refractivity contribution < 1.29 is 9.13 Å². The second kappa shape index (κ2) is 6.57. The fourth-order valence-corrected chi connectivity index (χ4v) is 2.66. The van der Waals surface area contributed by atoms with Crippen LogP contribution in [0.15, 0.2) is 40.9 Å². The van der Waals surface area contributed by atoms with Gasteiger partial charge in [-0.3, -0.25) is 0 Å². The average Bonchev–Trinajstić information content (AvgIpc) is 2.44. The predicted molar refractivity (Wildman–Crippen MR) is 82.7 cm³/mol. The molecule has 0 radical (unpaired) electrons. The maximum atomic E-state index is 13.5. The Hall–Kier alpha value is -1.10. The molecule has 0 amide bonds. The van der Waals surface area contributed by atoms with E-state index in [2.05, 4.69) is 15.9 Å². The van der Waals surface area contributed by atoms with E-state index in [1.165, 1.54) is 6.07 Å². The molecule has 0 aliphatic heterocycles. The summed E-state index contributed by atoms with van der Waals surface area (Å²) in [5.41, 5.74) is 7.73. The van der Waals surface area contributed by atoms with E-state index in [-0.39, 0.29) is 11.1 Å². The quantitative estimate of drug-likeness (QED) is 0.874. The van der Waals surface area contributed by atoms with Gasteiger partial charge in [-0.05, 0) is 41.8 Å². The fraction of sp³-hybridized carbons (Fsp3) is 0.200. The molecule has 106 valence electrons. The van der Waals surface area contributed by atoms with Gasteiger partial charge < -0.3 is 10.5 Å². The van der Waals surface area contributed by atoms with Crippen molar-refractivity contribution in [2.24, 2.45) is 5.73 Å². The van der Waals surface area contributed by atoms with Crippen LogP contribution in [-0.4, -0.2) is 7.11 Å². The number of ether oxygens (including phenoxy) is 1. The number of nitrogens with two attached hydrogens (primary N) is 1. The SMILES string of the molecule is COc1ccc(Br)c(CC(N)c2cccc(F)c2Cl)c1. The molecule has 20 heavy (non-hydrogen) atoms. The van der Waals surface area contributed by atoms with Gasteiger partial charge in [0, 0.05) is 10.5 Å². The predicted octanol–water partition coefficient (Wildman–Crippen LogP) is 4.49. The van der Waals surface area contributed by atoms with Gasteiger partial charge in [0.2, 0.25) is 0 Å². The van der Waals surface area contributed by atoms with E-state index in [9.17, 15) is 4.39 Å². The summed E-state index contributed by atoms with van der Waals surface area (Å²) < 4.78 is 19.6. The second-order valence-electron chi connectivity index (χ2n) is 4.41. The van der Waals surface area contributed by atoms with Crippen LogP contribution in [0.2, 0.25) is 5.02 Å². The zero-order chi connectivity index (χ0) is 14.7. The summed E-state index contributed by atoms with van der Waals surface area (Å²) in [6, 6.07) is 9.93. The Kier molecular flexibility index (Phi) is 5.02. The summed E-state index contributed by atoms with van der Waals surface area (Å²) in [6.45, 7) is 0. The minimum Gasteiger partial charge on any atom is -0.497 e. The van der Waals surface area contributed by atoms with Gasteiger partial charge in [0.1, 0.15) is 11.6 Å². The van der Waals surface area contributed by atoms with E-state index >= 15 is 0 Å². The summed E-state index contributed by atoms with van der Waals surface area (Å²) in [6.07, 6.45) is 0.529. The minimum atomic E-state index is -0.454. The molecule has 0 aromatic heterocycles. The number of hydrogen-bond donors (Lipinski definition) is 1. The Balaban J connectivity index is 2.27. The fourth-order valence-electron chi connectivity index (χ4n) is 1.99. The standard InChI is InChI=1S/C15H14BrClFNO/c1-20-10-5-6-12(16)9(7-10)8-14(19)11-3-2-4-13(18)15(11)17/h2-7,14H,8,19H2,1H3. The lowest BCUT2D eigenvalue weighted by Crippen LogP contribution is -2.14. The maximum absolute atomic E-state index is 13.5. The highest BCUT2D eigenvalue weighted by Crippen LogP contribution is 2.30. The van der Waals surface area contributed by atoms with Gasteiger partial charge in [-0.15, -0.1) is 0 Å². The number of benzene rings is 2. The first kappa shape index (κ1) is 15.3. The second-order valence-corrected chi connectivity index (χ2v) is 5.64. The molecule has 0 saturated carbocycles. The largest absolute Gasteiger partial charge is 0.497 e. The summed E-state index contributed by atoms with van der Waals surface area (Å²) in [4.78, 5) is 0. The van der Waals surface area contributed by atoms with Gasteiger partial charge in [-0.25, -0.2) is 4.39 Å². The van der Waals surface area contributed by atoms with E-state index in [0.29, 0.717) is 12.0 Å². The van der Waals surface area contributed by atoms with E-state index < -0.39 is 5.82 Å². The normalized spacial score (nSPS) is 12.2. The molecule has 2 nitrogen and oxygen atoms in total. The Bertz CT molecular complexity index is 621. The lowest BCUT2D eigenvalue weighted by Gasteiger charge is -2.15. The molecule has 1 unspecified atom stereocenters. The van der Waals surface area contributed by atoms with E-state index in [1.807, 2.05) is 18.2 Å². The van der Waals surface area contributed by atoms with Crippen LogP contribution in [-0.2, 0) is 6.42 Å². The number of hydrogen-bond acceptors (Lipinski definition) is 2. The van der Waals surface area contributed by atoms with Crippen LogP contribution in [0, 0.1) is 5.82 Å². The van der Waals surface area contributed by atoms with Gasteiger partial charge in [0.05, 0.1) is 12.1 Å². The Morgan fingerprint density at radius 3 is 2.80 bits per heavy atom. The molecule has 2 aromatic rings. The zero-order valence-corrected chi connectivity index (χ0v) is 13.2. The number of halogens is 3. The first-order valence-corrected chi connectivity index (χ1v) is 7.22. The summed E-state index contributed by atoms with van der Waals surface area (Å²) in [5.74, 6) is 0.296. The molecule has 2 aromatic carbocycles. The molecule has 2 rings (SSSR count). The van der Waals surface area contributed by atoms with Crippen molar-refractivity contribution in [3.63, 3.8) is 0 Å².